The number of esters is 1. The number of fused-ring (bicyclic) bond motifs is 1. The number of ether oxygens (including phenoxy) is 1. The summed E-state index contributed by atoms with van der Waals surface area (Å²) in [6.45, 7) is -0.434. The largest absolute Gasteiger partial charge is 0.468 e. The number of hydrogen-bond donors (Lipinski definition) is 1. The zero-order chi connectivity index (χ0) is 21.4. The van der Waals surface area contributed by atoms with E-state index in [1.54, 1.807) is 0 Å². The molecule has 3 rings (SSSR count). The Morgan fingerprint density at radius 1 is 1.21 bits per heavy atom. The summed E-state index contributed by atoms with van der Waals surface area (Å²) in [6.07, 6.45) is -4.63. The zero-order valence-corrected chi connectivity index (χ0v) is 15.5. The highest BCUT2D eigenvalue weighted by molar-refractivity contribution is 7.92. The van der Waals surface area contributed by atoms with Crippen molar-refractivity contribution >= 4 is 32.8 Å². The number of aromatic nitrogens is 1. The topological polar surface area (TPSA) is 108 Å². The first kappa shape index (κ1) is 20.5. The number of sulfonamides is 1. The smallest absolute Gasteiger partial charge is 0.420 e. The first-order valence-corrected chi connectivity index (χ1v) is 9.40. The second-order valence-corrected chi connectivity index (χ2v) is 7.53. The molecule has 3 aromatic rings. The number of oxazole rings is 1. The number of anilines is 1. The number of methoxy groups -OCH3 is 1. The Morgan fingerprint density at radius 3 is 2.59 bits per heavy atom. The summed E-state index contributed by atoms with van der Waals surface area (Å²) in [5.74, 6) is -1.61. The van der Waals surface area contributed by atoms with E-state index < -0.39 is 40.0 Å². The van der Waals surface area contributed by atoms with Crippen molar-refractivity contribution in [3.63, 3.8) is 0 Å². The molecule has 0 saturated carbocycles. The molecule has 0 aliphatic heterocycles. The second-order valence-electron chi connectivity index (χ2n) is 5.84. The lowest BCUT2D eigenvalue weighted by Crippen LogP contribution is -2.20. The zero-order valence-electron chi connectivity index (χ0n) is 14.7. The molecule has 0 fully saturated rings. The Bertz CT molecular complexity index is 1240. The first-order valence-electron chi connectivity index (χ1n) is 7.91. The van der Waals surface area contributed by atoms with Gasteiger partial charge in [-0.25, -0.2) is 13.2 Å². The highest BCUT2D eigenvalue weighted by atomic mass is 32.2. The van der Waals surface area contributed by atoms with Crippen LogP contribution >= 0.6 is 0 Å². The van der Waals surface area contributed by atoms with E-state index >= 15 is 0 Å². The van der Waals surface area contributed by atoms with Gasteiger partial charge in [-0.3, -0.25) is 14.1 Å². The highest BCUT2D eigenvalue weighted by Crippen LogP contribution is 2.31. The number of benzene rings is 2. The lowest BCUT2D eigenvalue weighted by molar-refractivity contribution is -0.141. The fourth-order valence-corrected chi connectivity index (χ4v) is 3.59. The molecule has 12 heteroatoms. The van der Waals surface area contributed by atoms with Gasteiger partial charge in [0.1, 0.15) is 6.54 Å². The first-order chi connectivity index (χ1) is 13.5. The maximum atomic E-state index is 12.8. The Balaban J connectivity index is 1.95. The van der Waals surface area contributed by atoms with E-state index in [-0.39, 0.29) is 21.7 Å². The average molecular weight is 430 g/mol. The summed E-state index contributed by atoms with van der Waals surface area (Å²) in [7, 11) is -3.14. The second kappa shape index (κ2) is 7.28. The van der Waals surface area contributed by atoms with Crippen LogP contribution in [-0.4, -0.2) is 26.1 Å². The van der Waals surface area contributed by atoms with Crippen molar-refractivity contribution in [3.8, 4) is 0 Å². The Kier molecular flexibility index (Phi) is 5.13. The van der Waals surface area contributed by atoms with Gasteiger partial charge < -0.3 is 9.15 Å². The molecule has 29 heavy (non-hydrogen) atoms. The van der Waals surface area contributed by atoms with Crippen molar-refractivity contribution in [1.29, 1.82) is 0 Å². The number of halogens is 3. The van der Waals surface area contributed by atoms with Gasteiger partial charge >= 0.3 is 17.9 Å². The van der Waals surface area contributed by atoms with E-state index in [1.807, 2.05) is 4.72 Å². The monoisotopic (exact) mass is 430 g/mol. The fourth-order valence-electron chi connectivity index (χ4n) is 2.53. The summed E-state index contributed by atoms with van der Waals surface area (Å²) in [4.78, 5) is 22.9. The molecule has 0 spiro atoms. The van der Waals surface area contributed by atoms with Crippen molar-refractivity contribution in [1.82, 2.24) is 4.57 Å². The van der Waals surface area contributed by atoms with Gasteiger partial charge in [-0.1, -0.05) is 6.07 Å². The highest BCUT2D eigenvalue weighted by Gasteiger charge is 2.30. The van der Waals surface area contributed by atoms with E-state index in [0.29, 0.717) is 6.07 Å². The van der Waals surface area contributed by atoms with Gasteiger partial charge in [0.15, 0.2) is 5.58 Å². The minimum atomic E-state index is -4.63. The third kappa shape index (κ3) is 4.26. The minimum Gasteiger partial charge on any atom is -0.468 e. The van der Waals surface area contributed by atoms with Crippen molar-refractivity contribution in [2.75, 3.05) is 11.8 Å². The van der Waals surface area contributed by atoms with Crippen molar-refractivity contribution in [2.45, 2.75) is 17.6 Å². The molecular formula is C17H13F3N2O6S. The van der Waals surface area contributed by atoms with Gasteiger partial charge in [0.2, 0.25) is 0 Å². The normalized spacial score (nSPS) is 12.1. The summed E-state index contributed by atoms with van der Waals surface area (Å²) < 4.78 is 75.9. The molecule has 2 aromatic carbocycles. The predicted molar refractivity (Wildman–Crippen MR) is 94.7 cm³/mol. The fraction of sp³-hybridized carbons (Fsp3) is 0.176. The molecule has 0 amide bonds. The van der Waals surface area contributed by atoms with E-state index in [9.17, 15) is 31.2 Å². The summed E-state index contributed by atoms with van der Waals surface area (Å²) in [5.41, 5.74) is -1.27. The lowest BCUT2D eigenvalue weighted by Gasteiger charge is -2.11. The van der Waals surface area contributed by atoms with Crippen LogP contribution in [0.5, 0.6) is 0 Å². The maximum absolute atomic E-state index is 12.8. The molecule has 1 heterocycles. The van der Waals surface area contributed by atoms with Crippen LogP contribution in [0.3, 0.4) is 0 Å². The van der Waals surface area contributed by atoms with Crippen LogP contribution in [0, 0.1) is 0 Å². The van der Waals surface area contributed by atoms with Gasteiger partial charge in [-0.2, -0.15) is 13.2 Å². The standard InChI is InChI=1S/C17H13F3N2O6S/c1-27-15(23)9-22-13-6-5-12(8-14(13)28-16(22)24)29(25,26)21-11-4-2-3-10(7-11)17(18,19)20/h2-8,21H,9H2,1H3. The number of rotatable bonds is 5. The molecule has 8 nitrogen and oxygen atoms in total. The molecule has 0 atom stereocenters. The maximum Gasteiger partial charge on any atom is 0.420 e. The molecule has 0 unspecified atom stereocenters. The van der Waals surface area contributed by atoms with Gasteiger partial charge in [0.25, 0.3) is 10.0 Å². The molecular weight excluding hydrogens is 417 g/mol. The predicted octanol–water partition coefficient (Wildman–Crippen LogP) is 2.59. The van der Waals surface area contributed by atoms with Crippen LogP contribution in [0.2, 0.25) is 0 Å². The van der Waals surface area contributed by atoms with Crippen LogP contribution in [0.4, 0.5) is 18.9 Å². The summed E-state index contributed by atoms with van der Waals surface area (Å²) in [6, 6.07) is 7.09. The van der Waals surface area contributed by atoms with Crippen LogP contribution in [0.1, 0.15) is 5.56 Å². The number of carbonyl (C=O) groups is 1. The molecule has 1 aromatic heterocycles. The molecule has 0 saturated heterocycles. The average Bonchev–Trinajstić information content (AvgIpc) is 2.95. The molecule has 0 aliphatic carbocycles. The summed E-state index contributed by atoms with van der Waals surface area (Å²) >= 11 is 0. The number of hydrogen-bond acceptors (Lipinski definition) is 6. The molecule has 0 bridgehead atoms. The SMILES string of the molecule is COC(=O)Cn1c(=O)oc2cc(S(=O)(=O)Nc3cccc(C(F)(F)F)c3)ccc21. The van der Waals surface area contributed by atoms with Crippen LogP contribution in [0.15, 0.2) is 56.6 Å². The minimum absolute atomic E-state index is 0.120. The van der Waals surface area contributed by atoms with Crippen molar-refractivity contribution < 1.29 is 35.5 Å². The third-order valence-electron chi connectivity index (χ3n) is 3.91. The summed E-state index contributed by atoms with van der Waals surface area (Å²) in [5, 5.41) is 0. The van der Waals surface area contributed by atoms with E-state index in [2.05, 4.69) is 4.74 Å². The Labute approximate surface area is 161 Å². The molecule has 1 N–H and O–H groups in total. The molecule has 0 aliphatic rings. The molecule has 0 radical (unpaired) electrons. The third-order valence-corrected chi connectivity index (χ3v) is 5.29. The van der Waals surface area contributed by atoms with Crippen molar-refractivity contribution in [2.24, 2.45) is 0 Å². The number of alkyl halides is 3. The van der Waals surface area contributed by atoms with Crippen LogP contribution in [-0.2, 0) is 32.3 Å². The van der Waals surface area contributed by atoms with E-state index in [0.717, 1.165) is 42.0 Å². The lowest BCUT2D eigenvalue weighted by atomic mass is 10.2. The van der Waals surface area contributed by atoms with Gasteiger partial charge in [0.05, 0.1) is 23.1 Å². The number of nitrogens with one attached hydrogen (secondary N) is 1. The Morgan fingerprint density at radius 2 is 1.93 bits per heavy atom. The van der Waals surface area contributed by atoms with Gasteiger partial charge in [-0.05, 0) is 30.3 Å². The van der Waals surface area contributed by atoms with E-state index in [4.69, 9.17) is 4.42 Å². The Hall–Kier alpha value is -3.28. The van der Waals surface area contributed by atoms with E-state index in [1.165, 1.54) is 6.07 Å². The number of nitrogens with zero attached hydrogens (tertiary/aromatic N) is 1. The quantitative estimate of drug-likeness (QED) is 0.624. The molecule has 154 valence electrons. The van der Waals surface area contributed by atoms with Gasteiger partial charge in [-0.15, -0.1) is 0 Å². The van der Waals surface area contributed by atoms with Crippen molar-refractivity contribution in [3.05, 3.63) is 58.6 Å². The van der Waals surface area contributed by atoms with Crippen LogP contribution in [0.25, 0.3) is 11.1 Å². The van der Waals surface area contributed by atoms with Gasteiger partial charge in [0, 0.05) is 11.8 Å². The van der Waals surface area contributed by atoms with Crippen LogP contribution < -0.4 is 10.5 Å². The number of carbonyl (C=O) groups excluding carboxylic acids is 1.